The van der Waals surface area contributed by atoms with Gasteiger partial charge in [0.05, 0.1) is 34.7 Å². The molecule has 0 aliphatic rings. The second kappa shape index (κ2) is 9.55. The van der Waals surface area contributed by atoms with Gasteiger partial charge in [0.1, 0.15) is 17.9 Å². The van der Waals surface area contributed by atoms with Gasteiger partial charge in [-0.25, -0.2) is 14.8 Å². The van der Waals surface area contributed by atoms with E-state index in [0.717, 1.165) is 43.4 Å². The average molecular weight is 657 g/mol. The van der Waals surface area contributed by atoms with Gasteiger partial charge in [-0.2, -0.15) is 0 Å². The third-order valence-electron chi connectivity index (χ3n) is 10.3. The second-order valence-electron chi connectivity index (χ2n) is 13.0. The van der Waals surface area contributed by atoms with Crippen molar-refractivity contribution in [3.63, 3.8) is 0 Å². The number of rotatable bonds is 3. The molecule has 0 spiro atoms. The number of aryl methyl sites for hydroxylation is 2. The quantitative estimate of drug-likeness (QED) is 0.135. The number of carbonyl (C=O) groups is 2. The highest BCUT2D eigenvalue weighted by Gasteiger charge is 2.23. The summed E-state index contributed by atoms with van der Waals surface area (Å²) in [6.45, 7) is 3.09. The van der Waals surface area contributed by atoms with Crippen LogP contribution in [-0.4, -0.2) is 49.3 Å². The van der Waals surface area contributed by atoms with Crippen LogP contribution in [0.25, 0.3) is 87.2 Å². The number of fused-ring (bicyclic) bond motifs is 10. The van der Waals surface area contributed by atoms with E-state index in [1.54, 1.807) is 33.1 Å². The molecule has 4 heterocycles. The van der Waals surface area contributed by atoms with E-state index >= 15 is 0 Å². The molecule has 4 aromatic heterocycles. The van der Waals surface area contributed by atoms with Gasteiger partial charge in [-0.3, -0.25) is 23.2 Å². The number of pyridine rings is 2. The van der Waals surface area contributed by atoms with Crippen molar-refractivity contribution in [1.82, 2.24) is 18.8 Å². The van der Waals surface area contributed by atoms with Crippen LogP contribution in [0.3, 0.4) is 0 Å². The molecule has 0 amide bonds. The maximum absolute atomic E-state index is 14.3. The molecule has 50 heavy (non-hydrogen) atoms. The van der Waals surface area contributed by atoms with Gasteiger partial charge in [-0.15, -0.1) is 0 Å². The summed E-state index contributed by atoms with van der Waals surface area (Å²) >= 11 is 0. The number of carbonyl (C=O) groups excluding carboxylic acids is 2. The lowest BCUT2D eigenvalue weighted by Gasteiger charge is -2.12. The molecule has 0 saturated heterocycles. The Hall–Kier alpha value is -6.52. The number of ether oxygens (including phenoxy) is 1. The van der Waals surface area contributed by atoms with Crippen molar-refractivity contribution in [2.24, 2.45) is 0 Å². The number of Topliss-reactive ketones (excluding diaryl/α,β-unsaturated/α-hetero) is 1. The average Bonchev–Trinajstić information content (AvgIpc) is 3.68. The Labute approximate surface area is 280 Å². The van der Waals surface area contributed by atoms with E-state index in [9.17, 15) is 24.3 Å². The summed E-state index contributed by atoms with van der Waals surface area (Å²) in [5.41, 5.74) is 5.26. The zero-order valence-corrected chi connectivity index (χ0v) is 26.9. The van der Waals surface area contributed by atoms with Gasteiger partial charge in [-0.05, 0) is 107 Å². The number of esters is 1. The predicted octanol–water partition coefficient (Wildman–Crippen LogP) is 6.23. The van der Waals surface area contributed by atoms with Gasteiger partial charge < -0.3 is 9.84 Å². The van der Waals surface area contributed by atoms with Crippen molar-refractivity contribution in [3.8, 4) is 0 Å². The highest BCUT2D eigenvalue weighted by Crippen LogP contribution is 2.38. The molecule has 1 N–H and O–H groups in total. The van der Waals surface area contributed by atoms with Crippen LogP contribution >= 0.6 is 0 Å². The highest BCUT2D eigenvalue weighted by molar-refractivity contribution is 6.28. The van der Waals surface area contributed by atoms with Crippen molar-refractivity contribution >= 4 is 99.0 Å². The molecule has 0 unspecified atom stereocenters. The van der Waals surface area contributed by atoms with Gasteiger partial charge in [0.15, 0.2) is 5.78 Å². The molecule has 0 radical (unpaired) electrons. The molecule has 0 saturated carbocycles. The third-order valence-corrected chi connectivity index (χ3v) is 10.3. The molecule has 240 valence electrons. The van der Waals surface area contributed by atoms with E-state index in [0.29, 0.717) is 66.0 Å². The van der Waals surface area contributed by atoms with Gasteiger partial charge in [0, 0.05) is 37.9 Å². The highest BCUT2D eigenvalue weighted by atomic mass is 16.5. The van der Waals surface area contributed by atoms with Crippen LogP contribution in [-0.2, 0) is 4.74 Å². The van der Waals surface area contributed by atoms with Crippen LogP contribution in [0.15, 0.2) is 82.4 Å². The minimum atomic E-state index is -0.590. The Morgan fingerprint density at radius 1 is 0.640 bits per heavy atom. The van der Waals surface area contributed by atoms with Crippen molar-refractivity contribution in [2.45, 2.75) is 13.8 Å². The molecule has 0 bridgehead atoms. The van der Waals surface area contributed by atoms with Crippen LogP contribution in [0.2, 0.25) is 0 Å². The summed E-state index contributed by atoms with van der Waals surface area (Å²) in [5.74, 6) is -0.802. The summed E-state index contributed by atoms with van der Waals surface area (Å²) in [4.78, 5) is 63.4. The number of methoxy groups -OCH3 is 1. The summed E-state index contributed by atoms with van der Waals surface area (Å²) in [5, 5.41) is 16.4. The van der Waals surface area contributed by atoms with E-state index < -0.39 is 12.6 Å². The molecule has 10 aromatic rings. The first kappa shape index (κ1) is 28.5. The van der Waals surface area contributed by atoms with E-state index in [1.807, 2.05) is 62.4 Å². The standard InChI is InChI=1S/C40H24N4O6/c1-17-8-19-12-29-31(14-21(19)10-27(17)33(46)16-45)43-36(41-29)23-4-7-26-35-24(5-6-25(34(23)35)38(43)47)37-42-30-13-20-9-18(2)28(40(49)50-3)11-22(20)15-32(30)44(37)39(26)48/h4-15,45H,16H2,1-3H3. The number of benzene rings is 6. The lowest BCUT2D eigenvalue weighted by Crippen LogP contribution is -2.16. The monoisotopic (exact) mass is 656 g/mol. The van der Waals surface area contributed by atoms with Crippen LogP contribution in [0.1, 0.15) is 31.8 Å². The molecule has 0 aliphatic heterocycles. The fraction of sp³-hybridized carbons (Fsp3) is 0.100. The van der Waals surface area contributed by atoms with Crippen LogP contribution in [0.5, 0.6) is 0 Å². The first-order valence-corrected chi connectivity index (χ1v) is 16.0. The minimum absolute atomic E-state index is 0.264. The minimum Gasteiger partial charge on any atom is -0.465 e. The zero-order chi connectivity index (χ0) is 34.3. The van der Waals surface area contributed by atoms with E-state index in [4.69, 9.17) is 14.7 Å². The van der Waals surface area contributed by atoms with Crippen molar-refractivity contribution in [1.29, 1.82) is 0 Å². The lowest BCUT2D eigenvalue weighted by atomic mass is 9.96. The summed E-state index contributed by atoms with van der Waals surface area (Å²) in [6, 6.07) is 22.1. The van der Waals surface area contributed by atoms with E-state index in [-0.39, 0.29) is 16.9 Å². The fourth-order valence-electron chi connectivity index (χ4n) is 7.93. The Balaban J connectivity index is 1.30. The molecular weight excluding hydrogens is 632 g/mol. The SMILES string of the molecule is COC(=O)c1cc2cc3c(cc2cc1C)nc1c2ccc4c(=O)n5c6cc7cc(C(=O)CO)c(C)cc7cc6nc5c5ccc(c(=O)n31)c2c45. The van der Waals surface area contributed by atoms with Gasteiger partial charge in [0.2, 0.25) is 0 Å². The molecule has 10 nitrogen and oxygen atoms in total. The smallest absolute Gasteiger partial charge is 0.338 e. The maximum atomic E-state index is 14.3. The van der Waals surface area contributed by atoms with Gasteiger partial charge in [0.25, 0.3) is 11.1 Å². The third kappa shape index (κ3) is 3.49. The van der Waals surface area contributed by atoms with Crippen LogP contribution in [0.4, 0.5) is 0 Å². The summed E-state index contributed by atoms with van der Waals surface area (Å²) in [6.07, 6.45) is 0. The maximum Gasteiger partial charge on any atom is 0.338 e. The zero-order valence-electron chi connectivity index (χ0n) is 26.9. The van der Waals surface area contributed by atoms with Crippen molar-refractivity contribution in [2.75, 3.05) is 13.7 Å². The number of aliphatic hydroxyl groups is 1. The van der Waals surface area contributed by atoms with E-state index in [2.05, 4.69) is 0 Å². The van der Waals surface area contributed by atoms with E-state index in [1.165, 1.54) is 7.11 Å². The number of aliphatic hydroxyl groups excluding tert-OH is 1. The second-order valence-corrected chi connectivity index (χ2v) is 13.0. The molecule has 10 rings (SSSR count). The Bertz CT molecular complexity index is 3120. The largest absolute Gasteiger partial charge is 0.465 e. The lowest BCUT2D eigenvalue weighted by molar-refractivity contribution is 0.0600. The summed E-state index contributed by atoms with van der Waals surface area (Å²) < 4.78 is 8.18. The number of hydrogen-bond acceptors (Lipinski definition) is 8. The Morgan fingerprint density at radius 3 is 1.56 bits per heavy atom. The van der Waals surface area contributed by atoms with Gasteiger partial charge in [-0.1, -0.05) is 12.1 Å². The first-order chi connectivity index (χ1) is 24.2. The number of nitrogens with zero attached hydrogens (tertiary/aromatic N) is 4. The predicted molar refractivity (Wildman–Crippen MR) is 194 cm³/mol. The van der Waals surface area contributed by atoms with Crippen LogP contribution in [0, 0.1) is 13.8 Å². The van der Waals surface area contributed by atoms with Crippen molar-refractivity contribution < 1.29 is 19.4 Å². The fourth-order valence-corrected chi connectivity index (χ4v) is 7.93. The summed E-state index contributed by atoms with van der Waals surface area (Å²) in [7, 11) is 1.35. The molecule has 0 atom stereocenters. The topological polar surface area (TPSA) is 132 Å². The van der Waals surface area contributed by atoms with Crippen molar-refractivity contribution in [3.05, 3.63) is 116 Å². The molecule has 10 heteroatoms. The Kier molecular flexibility index (Phi) is 5.44. The number of aromatic nitrogens is 4. The molecule has 0 aliphatic carbocycles. The molecule has 0 fully saturated rings. The number of ketones is 1. The number of hydrogen-bond donors (Lipinski definition) is 1. The molecule has 6 aromatic carbocycles. The first-order valence-electron chi connectivity index (χ1n) is 16.0. The van der Waals surface area contributed by atoms with Gasteiger partial charge >= 0.3 is 5.97 Å². The van der Waals surface area contributed by atoms with Crippen LogP contribution < -0.4 is 11.1 Å². The Morgan fingerprint density at radius 2 is 1.08 bits per heavy atom. The molecular formula is C40H24N4O6. The number of imidazole rings is 2. The normalized spacial score (nSPS) is 12.4.